The molecule has 0 spiro atoms. The van der Waals surface area contributed by atoms with Gasteiger partial charge in [-0.05, 0) is 46.8 Å². The molecule has 2 amide bonds. The van der Waals surface area contributed by atoms with E-state index in [9.17, 15) is 14.0 Å². The third-order valence-electron chi connectivity index (χ3n) is 5.11. The SMILES string of the molecule is C=CCN(CC(=O)N(Cc1ccc(F)cc1)Cc1cccs1)C(=O)Cc1ccc(OC)cc1. The van der Waals surface area contributed by atoms with E-state index in [0.717, 1.165) is 16.0 Å². The number of carbonyl (C=O) groups excluding carboxylic acids is 2. The number of nitrogens with zero attached hydrogens (tertiary/aromatic N) is 2. The number of methoxy groups -OCH3 is 1. The number of benzene rings is 2. The van der Waals surface area contributed by atoms with Gasteiger partial charge in [0.15, 0.2) is 0 Å². The standard InChI is InChI=1S/C26H27FN2O3S/c1-3-14-28(25(30)16-20-8-12-23(32-2)13-9-20)19-26(31)29(18-24-5-4-15-33-24)17-21-6-10-22(27)11-7-21/h3-13,15H,1,14,16-19H2,2H3. The molecule has 1 heterocycles. The number of hydrogen-bond donors (Lipinski definition) is 0. The molecule has 0 atom stereocenters. The predicted molar refractivity (Wildman–Crippen MR) is 128 cm³/mol. The van der Waals surface area contributed by atoms with Gasteiger partial charge < -0.3 is 14.5 Å². The summed E-state index contributed by atoms with van der Waals surface area (Å²) in [5, 5.41) is 1.96. The van der Waals surface area contributed by atoms with Gasteiger partial charge in [0.25, 0.3) is 0 Å². The Labute approximate surface area is 197 Å². The first kappa shape index (κ1) is 24.2. The van der Waals surface area contributed by atoms with E-state index in [0.29, 0.717) is 18.8 Å². The highest BCUT2D eigenvalue weighted by Gasteiger charge is 2.22. The van der Waals surface area contributed by atoms with Crippen LogP contribution in [0.2, 0.25) is 0 Å². The van der Waals surface area contributed by atoms with Crippen LogP contribution in [-0.4, -0.2) is 41.8 Å². The molecule has 0 aliphatic carbocycles. The third-order valence-corrected chi connectivity index (χ3v) is 5.97. The van der Waals surface area contributed by atoms with Crippen LogP contribution in [0.5, 0.6) is 5.75 Å². The normalized spacial score (nSPS) is 10.5. The molecule has 3 aromatic rings. The molecule has 0 aliphatic heterocycles. The van der Waals surface area contributed by atoms with Gasteiger partial charge in [-0.25, -0.2) is 4.39 Å². The highest BCUT2D eigenvalue weighted by molar-refractivity contribution is 7.09. The lowest BCUT2D eigenvalue weighted by atomic mass is 10.1. The summed E-state index contributed by atoms with van der Waals surface area (Å²) in [6.45, 7) is 4.68. The summed E-state index contributed by atoms with van der Waals surface area (Å²) >= 11 is 1.56. The smallest absolute Gasteiger partial charge is 0.242 e. The lowest BCUT2D eigenvalue weighted by Crippen LogP contribution is -2.43. The number of thiophene rings is 1. The molecular weight excluding hydrogens is 439 g/mol. The number of carbonyl (C=O) groups is 2. The maximum absolute atomic E-state index is 13.3. The Hall–Kier alpha value is -3.45. The van der Waals surface area contributed by atoms with Crippen molar-refractivity contribution in [2.75, 3.05) is 20.2 Å². The molecule has 172 valence electrons. The van der Waals surface area contributed by atoms with Crippen LogP contribution in [0.15, 0.2) is 78.7 Å². The number of ether oxygens (including phenoxy) is 1. The quantitative estimate of drug-likeness (QED) is 0.386. The Balaban J connectivity index is 1.72. The maximum atomic E-state index is 13.3. The fraction of sp³-hybridized carbons (Fsp3) is 0.231. The zero-order valence-electron chi connectivity index (χ0n) is 18.6. The van der Waals surface area contributed by atoms with Gasteiger partial charge in [-0.15, -0.1) is 17.9 Å². The molecule has 0 radical (unpaired) electrons. The van der Waals surface area contributed by atoms with Crippen molar-refractivity contribution in [1.82, 2.24) is 9.80 Å². The van der Waals surface area contributed by atoms with E-state index in [1.165, 1.54) is 17.0 Å². The highest BCUT2D eigenvalue weighted by Crippen LogP contribution is 2.16. The van der Waals surface area contributed by atoms with Crippen LogP contribution in [0, 0.1) is 5.82 Å². The van der Waals surface area contributed by atoms with Crippen molar-refractivity contribution in [2.45, 2.75) is 19.5 Å². The van der Waals surface area contributed by atoms with E-state index in [-0.39, 0.29) is 37.1 Å². The van der Waals surface area contributed by atoms with Crippen LogP contribution in [0.3, 0.4) is 0 Å². The lowest BCUT2D eigenvalue weighted by molar-refractivity contribution is -0.140. The van der Waals surface area contributed by atoms with E-state index in [4.69, 9.17) is 4.74 Å². The van der Waals surface area contributed by atoms with Gasteiger partial charge in [-0.1, -0.05) is 36.4 Å². The molecule has 3 rings (SSSR count). The minimum absolute atomic E-state index is 0.0619. The zero-order chi connectivity index (χ0) is 23.6. The number of amides is 2. The van der Waals surface area contributed by atoms with Gasteiger partial charge in [0.05, 0.1) is 20.1 Å². The van der Waals surface area contributed by atoms with Gasteiger partial charge >= 0.3 is 0 Å². The number of rotatable bonds is 11. The van der Waals surface area contributed by atoms with Crippen molar-refractivity contribution >= 4 is 23.2 Å². The first-order valence-electron chi connectivity index (χ1n) is 10.5. The molecule has 2 aromatic carbocycles. The highest BCUT2D eigenvalue weighted by atomic mass is 32.1. The fourth-order valence-electron chi connectivity index (χ4n) is 3.34. The van der Waals surface area contributed by atoms with Crippen molar-refractivity contribution in [3.8, 4) is 5.75 Å². The van der Waals surface area contributed by atoms with E-state index >= 15 is 0 Å². The number of halogens is 1. The molecule has 5 nitrogen and oxygen atoms in total. The van der Waals surface area contributed by atoms with Crippen LogP contribution < -0.4 is 4.74 Å². The second kappa shape index (κ2) is 12.0. The average molecular weight is 467 g/mol. The molecular formula is C26H27FN2O3S. The topological polar surface area (TPSA) is 49.9 Å². The van der Waals surface area contributed by atoms with E-state index < -0.39 is 0 Å². The van der Waals surface area contributed by atoms with Crippen LogP contribution in [0.1, 0.15) is 16.0 Å². The molecule has 0 aliphatic rings. The summed E-state index contributed by atoms with van der Waals surface area (Å²) in [4.78, 5) is 30.5. The fourth-order valence-corrected chi connectivity index (χ4v) is 4.06. The van der Waals surface area contributed by atoms with Crippen molar-refractivity contribution in [2.24, 2.45) is 0 Å². The molecule has 0 N–H and O–H groups in total. The van der Waals surface area contributed by atoms with E-state index in [1.807, 2.05) is 29.6 Å². The Morgan fingerprint density at radius 2 is 1.67 bits per heavy atom. The molecule has 0 saturated heterocycles. The summed E-state index contributed by atoms with van der Waals surface area (Å²) in [5.41, 5.74) is 1.66. The monoisotopic (exact) mass is 466 g/mol. The van der Waals surface area contributed by atoms with Gasteiger partial charge in [0.1, 0.15) is 18.1 Å². The van der Waals surface area contributed by atoms with Gasteiger partial charge in [0.2, 0.25) is 11.8 Å². The van der Waals surface area contributed by atoms with Crippen molar-refractivity contribution in [3.05, 3.63) is 101 Å². The van der Waals surface area contributed by atoms with Crippen molar-refractivity contribution < 1.29 is 18.7 Å². The predicted octanol–water partition coefficient (Wildman–Crippen LogP) is 4.68. The molecule has 1 aromatic heterocycles. The summed E-state index contributed by atoms with van der Waals surface area (Å²) in [7, 11) is 1.59. The van der Waals surface area contributed by atoms with E-state index in [2.05, 4.69) is 6.58 Å². The zero-order valence-corrected chi connectivity index (χ0v) is 19.4. The van der Waals surface area contributed by atoms with Crippen LogP contribution in [0.25, 0.3) is 0 Å². The van der Waals surface area contributed by atoms with Crippen LogP contribution in [-0.2, 0) is 29.1 Å². The summed E-state index contributed by atoms with van der Waals surface area (Å²) in [6.07, 6.45) is 1.79. The third kappa shape index (κ3) is 7.29. The van der Waals surface area contributed by atoms with Crippen LogP contribution in [0.4, 0.5) is 4.39 Å². The summed E-state index contributed by atoms with van der Waals surface area (Å²) < 4.78 is 18.5. The van der Waals surface area contributed by atoms with Gasteiger partial charge in [0, 0.05) is 18.0 Å². The Morgan fingerprint density at radius 3 is 2.27 bits per heavy atom. The molecule has 0 saturated carbocycles. The Bertz CT molecular complexity index is 1050. The average Bonchev–Trinajstić information content (AvgIpc) is 3.33. The Kier molecular flexibility index (Phi) is 8.78. The second-order valence-corrected chi connectivity index (χ2v) is 8.58. The summed E-state index contributed by atoms with van der Waals surface area (Å²) in [5.74, 6) is 0.0504. The largest absolute Gasteiger partial charge is 0.497 e. The molecule has 7 heteroatoms. The molecule has 0 fully saturated rings. The van der Waals surface area contributed by atoms with Crippen molar-refractivity contribution in [1.29, 1.82) is 0 Å². The summed E-state index contributed by atoms with van der Waals surface area (Å²) in [6, 6.07) is 17.3. The molecule has 0 bridgehead atoms. The minimum Gasteiger partial charge on any atom is -0.497 e. The Morgan fingerprint density at radius 1 is 0.970 bits per heavy atom. The second-order valence-electron chi connectivity index (χ2n) is 7.54. The van der Waals surface area contributed by atoms with Crippen LogP contribution >= 0.6 is 11.3 Å². The van der Waals surface area contributed by atoms with E-state index in [1.54, 1.807) is 53.7 Å². The molecule has 33 heavy (non-hydrogen) atoms. The van der Waals surface area contributed by atoms with Gasteiger partial charge in [-0.3, -0.25) is 9.59 Å². The molecule has 0 unspecified atom stereocenters. The van der Waals surface area contributed by atoms with Crippen molar-refractivity contribution in [3.63, 3.8) is 0 Å². The lowest BCUT2D eigenvalue weighted by Gasteiger charge is -2.27. The first-order chi connectivity index (χ1) is 16.0. The number of hydrogen-bond acceptors (Lipinski definition) is 4. The minimum atomic E-state index is -0.323. The van der Waals surface area contributed by atoms with Gasteiger partial charge in [-0.2, -0.15) is 0 Å². The first-order valence-corrected chi connectivity index (χ1v) is 11.4. The maximum Gasteiger partial charge on any atom is 0.242 e.